The number of amides is 1. The summed E-state index contributed by atoms with van der Waals surface area (Å²) in [6.45, 7) is 1.46. The van der Waals surface area contributed by atoms with Gasteiger partial charge in [-0.2, -0.15) is 0 Å². The van der Waals surface area contributed by atoms with Crippen molar-refractivity contribution in [1.29, 1.82) is 0 Å². The summed E-state index contributed by atoms with van der Waals surface area (Å²) in [6.07, 6.45) is 8.72. The number of aromatic nitrogens is 3. The Bertz CT molecular complexity index is 661. The summed E-state index contributed by atoms with van der Waals surface area (Å²) >= 11 is 6.08. The lowest BCUT2D eigenvalue weighted by Gasteiger charge is -2.31. The molecule has 1 fully saturated rings. The third-order valence-electron chi connectivity index (χ3n) is 3.90. The highest BCUT2D eigenvalue weighted by Gasteiger charge is 2.22. The largest absolute Gasteiger partial charge is 0.339 e. The molecule has 0 radical (unpaired) electrons. The summed E-state index contributed by atoms with van der Waals surface area (Å²) in [5, 5.41) is 8.51. The van der Waals surface area contributed by atoms with Gasteiger partial charge in [0.25, 0.3) is 0 Å². The number of piperidine rings is 1. The molecular formula is C16H17ClN4O. The average molecular weight is 317 g/mol. The van der Waals surface area contributed by atoms with Crippen molar-refractivity contribution < 1.29 is 4.79 Å². The molecule has 0 bridgehead atoms. The highest BCUT2D eigenvalue weighted by molar-refractivity contribution is 6.32. The van der Waals surface area contributed by atoms with E-state index in [0.29, 0.717) is 11.1 Å². The van der Waals surface area contributed by atoms with E-state index in [4.69, 9.17) is 11.6 Å². The summed E-state index contributed by atoms with van der Waals surface area (Å²) in [5.41, 5.74) is 0.856. The minimum absolute atomic E-state index is 0.0250. The van der Waals surface area contributed by atoms with E-state index in [1.165, 1.54) is 0 Å². The Morgan fingerprint density at radius 2 is 2.05 bits per heavy atom. The first-order chi connectivity index (χ1) is 10.7. The standard InChI is InChI=1S/C16H17ClN4O/c17-15-4-2-1-3-13(15)5-6-16(22)20-10-7-14(8-11-20)21-12-9-18-19-21/h1-6,9,12,14H,7-8,10-11H2/b6-5+. The van der Waals surface area contributed by atoms with E-state index in [9.17, 15) is 4.79 Å². The van der Waals surface area contributed by atoms with Crippen LogP contribution in [0.4, 0.5) is 0 Å². The van der Waals surface area contributed by atoms with E-state index >= 15 is 0 Å². The second-order valence-corrected chi connectivity index (χ2v) is 5.70. The number of likely N-dealkylation sites (tertiary alicyclic amines) is 1. The van der Waals surface area contributed by atoms with Crippen molar-refractivity contribution >= 4 is 23.6 Å². The third kappa shape index (κ3) is 3.36. The predicted molar refractivity (Wildman–Crippen MR) is 85.4 cm³/mol. The Morgan fingerprint density at radius 3 is 2.73 bits per heavy atom. The third-order valence-corrected chi connectivity index (χ3v) is 4.25. The molecule has 6 heteroatoms. The summed E-state index contributed by atoms with van der Waals surface area (Å²) in [7, 11) is 0. The maximum absolute atomic E-state index is 12.2. The van der Waals surface area contributed by atoms with Crippen LogP contribution in [0.1, 0.15) is 24.4 Å². The molecule has 0 atom stereocenters. The van der Waals surface area contributed by atoms with Crippen molar-refractivity contribution in [2.24, 2.45) is 0 Å². The van der Waals surface area contributed by atoms with Crippen LogP contribution in [0.15, 0.2) is 42.7 Å². The SMILES string of the molecule is O=C(/C=C/c1ccccc1Cl)N1CCC(n2ccnn2)CC1. The molecule has 0 N–H and O–H groups in total. The average Bonchev–Trinajstić information content (AvgIpc) is 3.08. The van der Waals surface area contributed by atoms with Crippen LogP contribution >= 0.6 is 11.6 Å². The van der Waals surface area contributed by atoms with E-state index in [2.05, 4.69) is 10.3 Å². The van der Waals surface area contributed by atoms with E-state index in [1.54, 1.807) is 18.3 Å². The van der Waals surface area contributed by atoms with E-state index in [1.807, 2.05) is 40.0 Å². The Hall–Kier alpha value is -2.14. The zero-order valence-electron chi connectivity index (χ0n) is 12.1. The molecule has 0 aliphatic carbocycles. The molecule has 0 unspecified atom stereocenters. The van der Waals surface area contributed by atoms with Crippen LogP contribution in [-0.2, 0) is 4.79 Å². The van der Waals surface area contributed by atoms with Gasteiger partial charge in [-0.1, -0.05) is 35.0 Å². The Labute approximate surface area is 134 Å². The molecule has 5 nitrogen and oxygen atoms in total. The number of carbonyl (C=O) groups is 1. The van der Waals surface area contributed by atoms with Crippen molar-refractivity contribution in [3.63, 3.8) is 0 Å². The zero-order valence-corrected chi connectivity index (χ0v) is 12.9. The number of benzene rings is 1. The molecule has 114 valence electrons. The minimum atomic E-state index is 0.0250. The first kappa shape index (κ1) is 14.8. The van der Waals surface area contributed by atoms with Gasteiger partial charge in [-0.05, 0) is 30.5 Å². The fourth-order valence-corrected chi connectivity index (χ4v) is 2.84. The molecular weight excluding hydrogens is 300 g/mol. The molecule has 1 aromatic heterocycles. The van der Waals surface area contributed by atoms with Gasteiger partial charge in [0.15, 0.2) is 0 Å². The summed E-state index contributed by atoms with van der Waals surface area (Å²) in [5.74, 6) is 0.0250. The molecule has 3 rings (SSSR count). The summed E-state index contributed by atoms with van der Waals surface area (Å²) in [6, 6.07) is 7.81. The first-order valence-electron chi connectivity index (χ1n) is 7.31. The molecule has 22 heavy (non-hydrogen) atoms. The van der Waals surface area contributed by atoms with Crippen molar-refractivity contribution in [2.45, 2.75) is 18.9 Å². The molecule has 2 aromatic rings. The highest BCUT2D eigenvalue weighted by Crippen LogP contribution is 2.22. The number of halogens is 1. The van der Waals surface area contributed by atoms with Crippen LogP contribution in [-0.4, -0.2) is 38.9 Å². The lowest BCUT2D eigenvalue weighted by atomic mass is 10.1. The van der Waals surface area contributed by atoms with Crippen molar-refractivity contribution in [2.75, 3.05) is 13.1 Å². The second-order valence-electron chi connectivity index (χ2n) is 5.29. The molecule has 2 heterocycles. The van der Waals surface area contributed by atoms with Crippen molar-refractivity contribution in [3.05, 3.63) is 53.3 Å². The number of rotatable bonds is 3. The number of hydrogen-bond donors (Lipinski definition) is 0. The highest BCUT2D eigenvalue weighted by atomic mass is 35.5. The van der Waals surface area contributed by atoms with Crippen LogP contribution in [0.5, 0.6) is 0 Å². The van der Waals surface area contributed by atoms with Gasteiger partial charge in [0, 0.05) is 30.4 Å². The van der Waals surface area contributed by atoms with E-state index < -0.39 is 0 Å². The van der Waals surface area contributed by atoms with Crippen LogP contribution in [0, 0.1) is 0 Å². The summed E-state index contributed by atoms with van der Waals surface area (Å²) < 4.78 is 1.88. The van der Waals surface area contributed by atoms with Crippen LogP contribution in [0.25, 0.3) is 6.08 Å². The summed E-state index contributed by atoms with van der Waals surface area (Å²) in [4.78, 5) is 14.1. The monoisotopic (exact) mass is 316 g/mol. The number of carbonyl (C=O) groups excluding carboxylic acids is 1. The molecule has 0 saturated carbocycles. The Kier molecular flexibility index (Phi) is 4.53. The van der Waals surface area contributed by atoms with Gasteiger partial charge in [-0.15, -0.1) is 5.10 Å². The maximum Gasteiger partial charge on any atom is 0.246 e. The van der Waals surface area contributed by atoms with Crippen molar-refractivity contribution in [1.82, 2.24) is 19.9 Å². The van der Waals surface area contributed by atoms with Gasteiger partial charge >= 0.3 is 0 Å². The Morgan fingerprint density at radius 1 is 1.27 bits per heavy atom. The lowest BCUT2D eigenvalue weighted by Crippen LogP contribution is -2.38. The quantitative estimate of drug-likeness (QED) is 0.818. The number of nitrogens with zero attached hydrogens (tertiary/aromatic N) is 4. The number of hydrogen-bond acceptors (Lipinski definition) is 3. The fraction of sp³-hybridized carbons (Fsp3) is 0.312. The van der Waals surface area contributed by atoms with Crippen molar-refractivity contribution in [3.8, 4) is 0 Å². The van der Waals surface area contributed by atoms with Crippen LogP contribution in [0.3, 0.4) is 0 Å². The van der Waals surface area contributed by atoms with Gasteiger partial charge in [-0.3, -0.25) is 4.79 Å². The van der Waals surface area contributed by atoms with E-state index in [-0.39, 0.29) is 5.91 Å². The Balaban J connectivity index is 1.57. The van der Waals surface area contributed by atoms with Gasteiger partial charge in [0.1, 0.15) is 0 Å². The van der Waals surface area contributed by atoms with Crippen LogP contribution < -0.4 is 0 Å². The topological polar surface area (TPSA) is 51.0 Å². The van der Waals surface area contributed by atoms with Gasteiger partial charge in [0.2, 0.25) is 5.91 Å². The smallest absolute Gasteiger partial charge is 0.246 e. The lowest BCUT2D eigenvalue weighted by molar-refractivity contribution is -0.127. The second kappa shape index (κ2) is 6.75. The molecule has 1 aliphatic heterocycles. The minimum Gasteiger partial charge on any atom is -0.339 e. The van der Waals surface area contributed by atoms with Gasteiger partial charge < -0.3 is 4.90 Å². The van der Waals surface area contributed by atoms with Gasteiger partial charge in [-0.25, -0.2) is 4.68 Å². The fourth-order valence-electron chi connectivity index (χ4n) is 2.64. The van der Waals surface area contributed by atoms with Gasteiger partial charge in [0.05, 0.1) is 12.2 Å². The van der Waals surface area contributed by atoms with E-state index in [0.717, 1.165) is 31.5 Å². The first-order valence-corrected chi connectivity index (χ1v) is 7.69. The molecule has 1 saturated heterocycles. The zero-order chi connectivity index (χ0) is 15.4. The maximum atomic E-state index is 12.2. The molecule has 1 aromatic carbocycles. The molecule has 1 amide bonds. The normalized spacial score (nSPS) is 16.3. The molecule has 1 aliphatic rings. The molecule has 0 spiro atoms. The predicted octanol–water partition coefficient (Wildman–Crippen LogP) is 2.81. The van der Waals surface area contributed by atoms with Crippen LogP contribution in [0.2, 0.25) is 5.02 Å².